The summed E-state index contributed by atoms with van der Waals surface area (Å²) in [6.45, 7) is 1.77. The highest BCUT2D eigenvalue weighted by molar-refractivity contribution is 9.10. The molecule has 0 aliphatic rings. The van der Waals surface area contributed by atoms with Gasteiger partial charge in [0, 0.05) is 6.04 Å². The number of aromatic amines is 1. The van der Waals surface area contributed by atoms with Crippen LogP contribution in [-0.4, -0.2) is 27.7 Å². The van der Waals surface area contributed by atoms with Gasteiger partial charge in [-0.15, -0.1) is 0 Å². The van der Waals surface area contributed by atoms with Crippen molar-refractivity contribution in [2.24, 2.45) is 0 Å². The van der Waals surface area contributed by atoms with E-state index in [0.29, 0.717) is 10.3 Å². The van der Waals surface area contributed by atoms with Crippen molar-refractivity contribution in [2.75, 3.05) is 11.9 Å². The van der Waals surface area contributed by atoms with Crippen molar-refractivity contribution in [2.45, 2.75) is 13.0 Å². The van der Waals surface area contributed by atoms with Gasteiger partial charge in [0.1, 0.15) is 10.3 Å². The van der Waals surface area contributed by atoms with E-state index >= 15 is 0 Å². The van der Waals surface area contributed by atoms with Crippen molar-refractivity contribution >= 4 is 21.7 Å². The van der Waals surface area contributed by atoms with Crippen molar-refractivity contribution in [1.82, 2.24) is 9.97 Å². The monoisotopic (exact) mass is 247 g/mol. The summed E-state index contributed by atoms with van der Waals surface area (Å²) in [6.07, 6.45) is 1.31. The molecule has 0 fully saturated rings. The van der Waals surface area contributed by atoms with Crippen LogP contribution in [0.5, 0.6) is 0 Å². The number of halogens is 1. The first-order valence-corrected chi connectivity index (χ1v) is 4.55. The Morgan fingerprint density at radius 1 is 1.85 bits per heavy atom. The second kappa shape index (κ2) is 4.38. The molecule has 3 N–H and O–H groups in total. The lowest BCUT2D eigenvalue weighted by Gasteiger charge is -2.11. The van der Waals surface area contributed by atoms with Gasteiger partial charge < -0.3 is 15.4 Å². The summed E-state index contributed by atoms with van der Waals surface area (Å²) in [4.78, 5) is 17.4. The van der Waals surface area contributed by atoms with Gasteiger partial charge >= 0.3 is 0 Å². The lowest BCUT2D eigenvalue weighted by molar-refractivity contribution is 0.281. The maximum atomic E-state index is 11.1. The van der Waals surface area contributed by atoms with E-state index in [9.17, 15) is 4.79 Å². The van der Waals surface area contributed by atoms with E-state index < -0.39 is 0 Å². The molecule has 1 aromatic heterocycles. The van der Waals surface area contributed by atoms with Crippen LogP contribution in [0.15, 0.2) is 15.6 Å². The summed E-state index contributed by atoms with van der Waals surface area (Å²) in [5.74, 6) is 0.435. The van der Waals surface area contributed by atoms with Gasteiger partial charge in [0.15, 0.2) is 0 Å². The van der Waals surface area contributed by atoms with Gasteiger partial charge in [0.25, 0.3) is 5.56 Å². The third kappa shape index (κ3) is 2.53. The van der Waals surface area contributed by atoms with Crippen LogP contribution in [0.2, 0.25) is 0 Å². The Labute approximate surface area is 83.3 Å². The minimum atomic E-state index is -0.248. The van der Waals surface area contributed by atoms with Crippen LogP contribution in [0.1, 0.15) is 6.92 Å². The summed E-state index contributed by atoms with van der Waals surface area (Å²) in [6, 6.07) is -0.134. The van der Waals surface area contributed by atoms with E-state index in [-0.39, 0.29) is 18.2 Å². The molecule has 1 atom stereocenters. The normalized spacial score (nSPS) is 12.5. The lowest BCUT2D eigenvalue weighted by Crippen LogP contribution is -2.22. The highest BCUT2D eigenvalue weighted by Crippen LogP contribution is 2.13. The first kappa shape index (κ1) is 10.2. The van der Waals surface area contributed by atoms with E-state index in [1.807, 2.05) is 0 Å². The molecule has 0 amide bonds. The highest BCUT2D eigenvalue weighted by atomic mass is 79.9. The number of aliphatic hydroxyl groups is 1. The number of nitrogens with zero attached hydrogens (tertiary/aromatic N) is 1. The molecule has 5 nitrogen and oxygen atoms in total. The number of aromatic nitrogens is 2. The zero-order valence-corrected chi connectivity index (χ0v) is 8.63. The van der Waals surface area contributed by atoms with Crippen molar-refractivity contribution in [1.29, 1.82) is 0 Å². The number of aliphatic hydroxyl groups excluding tert-OH is 1. The molecular formula is C7H10BrN3O2. The topological polar surface area (TPSA) is 78.0 Å². The van der Waals surface area contributed by atoms with Crippen LogP contribution in [0.3, 0.4) is 0 Å². The summed E-state index contributed by atoms with van der Waals surface area (Å²) < 4.78 is 0.343. The predicted octanol–water partition coefficient (Wildman–Crippen LogP) is 0.325. The molecular weight excluding hydrogens is 238 g/mol. The number of hydrogen-bond donors (Lipinski definition) is 3. The molecule has 1 heterocycles. The fourth-order valence-corrected chi connectivity index (χ4v) is 1.09. The predicted molar refractivity (Wildman–Crippen MR) is 52.7 cm³/mol. The summed E-state index contributed by atoms with van der Waals surface area (Å²) in [7, 11) is 0. The Morgan fingerprint density at radius 3 is 3.15 bits per heavy atom. The van der Waals surface area contributed by atoms with Crippen LogP contribution in [0, 0.1) is 0 Å². The van der Waals surface area contributed by atoms with E-state index in [1.54, 1.807) is 6.92 Å². The second-order valence-corrected chi connectivity index (χ2v) is 3.42. The standard InChI is InChI=1S/C7H10BrN3O2/c1-4(2-12)11-6-5(8)7(13)10-3-9-6/h3-4,12H,2H2,1H3,(H2,9,10,11,13). The molecule has 0 aromatic carbocycles. The Balaban J connectivity index is 2.89. The van der Waals surface area contributed by atoms with Gasteiger partial charge in [-0.1, -0.05) is 0 Å². The Hall–Kier alpha value is -0.880. The molecule has 72 valence electrons. The minimum Gasteiger partial charge on any atom is -0.394 e. The van der Waals surface area contributed by atoms with E-state index in [2.05, 4.69) is 31.2 Å². The molecule has 0 saturated heterocycles. The third-order valence-corrected chi connectivity index (χ3v) is 2.19. The molecule has 13 heavy (non-hydrogen) atoms. The van der Waals surface area contributed by atoms with Crippen molar-refractivity contribution < 1.29 is 5.11 Å². The maximum Gasteiger partial charge on any atom is 0.267 e. The van der Waals surface area contributed by atoms with Crippen LogP contribution in [0.4, 0.5) is 5.82 Å². The van der Waals surface area contributed by atoms with Gasteiger partial charge in [-0.2, -0.15) is 0 Å². The number of anilines is 1. The zero-order valence-electron chi connectivity index (χ0n) is 7.04. The van der Waals surface area contributed by atoms with Crippen LogP contribution < -0.4 is 10.9 Å². The Bertz CT molecular complexity index is 339. The minimum absolute atomic E-state index is 0.0130. The van der Waals surface area contributed by atoms with Crippen molar-refractivity contribution in [3.8, 4) is 0 Å². The van der Waals surface area contributed by atoms with Gasteiger partial charge in [-0.05, 0) is 22.9 Å². The fraction of sp³-hybridized carbons (Fsp3) is 0.429. The average Bonchev–Trinajstić information content (AvgIpc) is 2.13. The number of H-pyrrole nitrogens is 1. The maximum absolute atomic E-state index is 11.1. The summed E-state index contributed by atoms with van der Waals surface area (Å²) in [5, 5.41) is 11.6. The first-order valence-electron chi connectivity index (χ1n) is 3.75. The largest absolute Gasteiger partial charge is 0.394 e. The molecule has 0 spiro atoms. The smallest absolute Gasteiger partial charge is 0.267 e. The third-order valence-electron chi connectivity index (χ3n) is 1.45. The van der Waals surface area contributed by atoms with Gasteiger partial charge in [0.05, 0.1) is 12.9 Å². The molecule has 1 aromatic rings. The highest BCUT2D eigenvalue weighted by Gasteiger charge is 2.07. The second-order valence-electron chi connectivity index (χ2n) is 2.62. The Kier molecular flexibility index (Phi) is 3.44. The van der Waals surface area contributed by atoms with E-state index in [0.717, 1.165) is 0 Å². The molecule has 1 rings (SSSR count). The molecule has 6 heteroatoms. The molecule has 0 aliphatic heterocycles. The molecule has 0 aliphatic carbocycles. The zero-order chi connectivity index (χ0) is 9.84. The molecule has 0 bridgehead atoms. The number of hydrogen-bond acceptors (Lipinski definition) is 4. The van der Waals surface area contributed by atoms with Crippen LogP contribution >= 0.6 is 15.9 Å². The van der Waals surface area contributed by atoms with Crippen LogP contribution in [-0.2, 0) is 0 Å². The van der Waals surface area contributed by atoms with Gasteiger partial charge in [-0.25, -0.2) is 4.98 Å². The van der Waals surface area contributed by atoms with E-state index in [4.69, 9.17) is 5.11 Å². The SMILES string of the molecule is CC(CO)Nc1nc[nH]c(=O)c1Br. The van der Waals surface area contributed by atoms with Gasteiger partial charge in [0.2, 0.25) is 0 Å². The summed E-state index contributed by atoms with van der Waals surface area (Å²) >= 11 is 3.09. The van der Waals surface area contributed by atoms with Crippen LogP contribution in [0.25, 0.3) is 0 Å². The molecule has 0 saturated carbocycles. The van der Waals surface area contributed by atoms with Crippen molar-refractivity contribution in [3.05, 3.63) is 21.2 Å². The summed E-state index contributed by atoms with van der Waals surface area (Å²) in [5.41, 5.74) is -0.248. The fourth-order valence-electron chi connectivity index (χ4n) is 0.763. The van der Waals surface area contributed by atoms with Crippen molar-refractivity contribution in [3.63, 3.8) is 0 Å². The molecule has 0 radical (unpaired) electrons. The number of nitrogens with one attached hydrogen (secondary N) is 2. The lowest BCUT2D eigenvalue weighted by atomic mass is 10.3. The number of rotatable bonds is 3. The average molecular weight is 248 g/mol. The van der Waals surface area contributed by atoms with E-state index in [1.165, 1.54) is 6.33 Å². The Morgan fingerprint density at radius 2 is 2.54 bits per heavy atom. The quantitative estimate of drug-likeness (QED) is 0.720. The van der Waals surface area contributed by atoms with Gasteiger partial charge in [-0.3, -0.25) is 4.79 Å². The molecule has 1 unspecified atom stereocenters. The first-order chi connectivity index (χ1) is 6.15.